The number of aryl methyl sites for hydroxylation is 1. The highest BCUT2D eigenvalue weighted by atomic mass is 79.9. The van der Waals surface area contributed by atoms with Crippen molar-refractivity contribution in [3.8, 4) is 5.75 Å². The van der Waals surface area contributed by atoms with Gasteiger partial charge in [0.25, 0.3) is 0 Å². The number of rotatable bonds is 5. The highest BCUT2D eigenvalue weighted by Gasteiger charge is 2.44. The molecule has 1 saturated heterocycles. The molecule has 2 atom stereocenters. The Bertz CT molecular complexity index is 725. The molecule has 0 N–H and O–H groups in total. The molecule has 1 aliphatic rings. The second-order valence-corrected chi connectivity index (χ2v) is 7.04. The van der Waals surface area contributed by atoms with Gasteiger partial charge in [-0.1, -0.05) is 63.4 Å². The van der Waals surface area contributed by atoms with Crippen LogP contribution in [0.1, 0.15) is 11.1 Å². The summed E-state index contributed by atoms with van der Waals surface area (Å²) in [5.41, 5.74) is 1.84. The van der Waals surface area contributed by atoms with E-state index in [0.717, 1.165) is 16.9 Å². The van der Waals surface area contributed by atoms with Crippen LogP contribution < -0.4 is 4.74 Å². The Morgan fingerprint density at radius 2 is 2.04 bits per heavy atom. The topological polar surface area (TPSA) is 27.7 Å². The Labute approximate surface area is 159 Å². The number of halogens is 3. The zero-order valence-electron chi connectivity index (χ0n) is 13.1. The lowest BCUT2D eigenvalue weighted by atomic mass is 10.1. The number of ether oxygens (including phenoxy) is 3. The highest BCUT2D eigenvalue weighted by Crippen LogP contribution is 2.40. The van der Waals surface area contributed by atoms with Gasteiger partial charge in [0.2, 0.25) is 5.79 Å². The van der Waals surface area contributed by atoms with Crippen molar-refractivity contribution in [1.82, 2.24) is 0 Å². The summed E-state index contributed by atoms with van der Waals surface area (Å²) in [6, 6.07) is 13.2. The maximum atomic E-state index is 6.32. The molecule has 1 heterocycles. The van der Waals surface area contributed by atoms with Gasteiger partial charge in [-0.05, 0) is 30.7 Å². The van der Waals surface area contributed by atoms with Crippen LogP contribution in [0.5, 0.6) is 5.75 Å². The lowest BCUT2D eigenvalue weighted by Gasteiger charge is -2.27. The Kier molecular flexibility index (Phi) is 5.73. The summed E-state index contributed by atoms with van der Waals surface area (Å²) in [6.07, 6.45) is -0.186. The summed E-state index contributed by atoms with van der Waals surface area (Å²) in [5, 5.41) is 1.55. The first-order valence-corrected chi connectivity index (χ1v) is 9.43. The molecule has 2 unspecified atom stereocenters. The number of para-hydroxylation sites is 1. The van der Waals surface area contributed by atoms with Crippen molar-refractivity contribution < 1.29 is 14.2 Å². The first kappa shape index (κ1) is 18.0. The molecule has 6 heteroatoms. The molecule has 0 amide bonds. The third-order valence-corrected chi connectivity index (χ3v) is 5.18. The van der Waals surface area contributed by atoms with E-state index in [0.29, 0.717) is 28.6 Å². The molecule has 24 heavy (non-hydrogen) atoms. The predicted octanol–water partition coefficient (Wildman–Crippen LogP) is 5.34. The van der Waals surface area contributed by atoms with E-state index >= 15 is 0 Å². The molecule has 1 fully saturated rings. The van der Waals surface area contributed by atoms with Crippen LogP contribution >= 0.6 is 39.1 Å². The van der Waals surface area contributed by atoms with Gasteiger partial charge in [0, 0.05) is 10.6 Å². The van der Waals surface area contributed by atoms with Crippen LogP contribution in [0.15, 0.2) is 42.5 Å². The van der Waals surface area contributed by atoms with Crippen molar-refractivity contribution in [2.24, 2.45) is 0 Å². The van der Waals surface area contributed by atoms with Gasteiger partial charge in [-0.25, -0.2) is 0 Å². The van der Waals surface area contributed by atoms with Crippen molar-refractivity contribution >= 4 is 39.1 Å². The standard InChI is InChI=1S/C18H17BrCl2O3/c1-12-4-2-3-5-17(12)22-9-14-10-23-18(11-19,24-14)15-7-6-13(20)8-16(15)21/h2-8,14H,9-11H2,1H3. The average molecular weight is 432 g/mol. The lowest BCUT2D eigenvalue weighted by Crippen LogP contribution is -2.31. The SMILES string of the molecule is Cc1ccccc1OCC1COC(CBr)(c2ccc(Cl)cc2Cl)O1. The Morgan fingerprint density at radius 3 is 2.75 bits per heavy atom. The van der Waals surface area contributed by atoms with Gasteiger partial charge in [0.05, 0.1) is 17.0 Å². The second kappa shape index (κ2) is 7.63. The molecule has 2 aromatic carbocycles. The monoisotopic (exact) mass is 430 g/mol. The maximum Gasteiger partial charge on any atom is 0.206 e. The second-order valence-electron chi connectivity index (χ2n) is 5.64. The first-order chi connectivity index (χ1) is 11.5. The minimum Gasteiger partial charge on any atom is -0.491 e. The molecule has 3 nitrogen and oxygen atoms in total. The summed E-state index contributed by atoms with van der Waals surface area (Å²) in [7, 11) is 0. The first-order valence-electron chi connectivity index (χ1n) is 7.56. The maximum absolute atomic E-state index is 6.32. The summed E-state index contributed by atoms with van der Waals surface area (Å²) < 4.78 is 18.0. The summed E-state index contributed by atoms with van der Waals surface area (Å²) in [5.74, 6) is -0.0801. The van der Waals surface area contributed by atoms with Gasteiger partial charge >= 0.3 is 0 Å². The van der Waals surface area contributed by atoms with Gasteiger partial charge < -0.3 is 14.2 Å². The minimum absolute atomic E-state index is 0.186. The smallest absolute Gasteiger partial charge is 0.206 e. The fourth-order valence-corrected chi connectivity index (χ4v) is 3.78. The predicted molar refractivity (Wildman–Crippen MR) is 99.4 cm³/mol. The van der Waals surface area contributed by atoms with E-state index in [2.05, 4.69) is 15.9 Å². The molecule has 1 aliphatic heterocycles. The normalized spacial score (nSPS) is 23.4. The van der Waals surface area contributed by atoms with Crippen molar-refractivity contribution in [3.05, 3.63) is 63.6 Å². The van der Waals surface area contributed by atoms with Crippen LogP contribution in [0.3, 0.4) is 0 Å². The molecule has 0 aromatic heterocycles. The Morgan fingerprint density at radius 1 is 1.25 bits per heavy atom. The molecule has 3 rings (SSSR count). The molecular weight excluding hydrogens is 415 g/mol. The molecule has 0 spiro atoms. The van der Waals surface area contributed by atoms with Crippen LogP contribution in [0.2, 0.25) is 10.0 Å². The Hall–Kier alpha value is -0.780. The molecule has 0 bridgehead atoms. The molecule has 0 aliphatic carbocycles. The van der Waals surface area contributed by atoms with E-state index in [1.165, 1.54) is 0 Å². The summed E-state index contributed by atoms with van der Waals surface area (Å²) >= 11 is 15.8. The largest absolute Gasteiger partial charge is 0.491 e. The van der Waals surface area contributed by atoms with Gasteiger partial charge in [-0.15, -0.1) is 0 Å². The van der Waals surface area contributed by atoms with Gasteiger partial charge in [-0.3, -0.25) is 0 Å². The van der Waals surface area contributed by atoms with Crippen molar-refractivity contribution in [3.63, 3.8) is 0 Å². The van der Waals surface area contributed by atoms with Crippen LogP contribution in [0, 0.1) is 6.92 Å². The number of benzene rings is 2. The van der Waals surface area contributed by atoms with Gasteiger partial charge in [0.15, 0.2) is 0 Å². The molecular formula is C18H17BrCl2O3. The summed E-state index contributed by atoms with van der Waals surface area (Å²) in [6.45, 7) is 2.85. The molecule has 0 radical (unpaired) electrons. The minimum atomic E-state index is -0.929. The fraction of sp³-hybridized carbons (Fsp3) is 0.333. The van der Waals surface area contributed by atoms with Gasteiger partial charge in [-0.2, -0.15) is 0 Å². The fourth-order valence-electron chi connectivity index (χ4n) is 2.63. The average Bonchev–Trinajstić information content (AvgIpc) is 2.99. The zero-order valence-corrected chi connectivity index (χ0v) is 16.2. The van der Waals surface area contributed by atoms with Crippen LogP contribution in [0.25, 0.3) is 0 Å². The third kappa shape index (κ3) is 3.73. The number of hydrogen-bond acceptors (Lipinski definition) is 3. The van der Waals surface area contributed by atoms with Crippen LogP contribution in [-0.2, 0) is 15.3 Å². The quantitative estimate of drug-likeness (QED) is 0.597. The number of hydrogen-bond donors (Lipinski definition) is 0. The summed E-state index contributed by atoms with van der Waals surface area (Å²) in [4.78, 5) is 0. The highest BCUT2D eigenvalue weighted by molar-refractivity contribution is 9.09. The van der Waals surface area contributed by atoms with Crippen LogP contribution in [-0.4, -0.2) is 24.6 Å². The zero-order chi connectivity index (χ0) is 17.2. The van der Waals surface area contributed by atoms with Gasteiger partial charge in [0.1, 0.15) is 18.5 Å². The lowest BCUT2D eigenvalue weighted by molar-refractivity contribution is -0.159. The van der Waals surface area contributed by atoms with E-state index in [1.54, 1.807) is 12.1 Å². The number of alkyl halides is 1. The van der Waals surface area contributed by atoms with Crippen molar-refractivity contribution in [1.29, 1.82) is 0 Å². The van der Waals surface area contributed by atoms with Crippen molar-refractivity contribution in [2.75, 3.05) is 18.5 Å². The Balaban J connectivity index is 1.71. The van der Waals surface area contributed by atoms with E-state index in [9.17, 15) is 0 Å². The van der Waals surface area contributed by atoms with Crippen LogP contribution in [0.4, 0.5) is 0 Å². The molecule has 128 valence electrons. The van der Waals surface area contributed by atoms with E-state index in [1.807, 2.05) is 37.3 Å². The third-order valence-electron chi connectivity index (χ3n) is 3.90. The molecule has 2 aromatic rings. The van der Waals surface area contributed by atoms with E-state index in [4.69, 9.17) is 37.4 Å². The van der Waals surface area contributed by atoms with E-state index in [-0.39, 0.29) is 6.10 Å². The van der Waals surface area contributed by atoms with E-state index < -0.39 is 5.79 Å². The molecule has 0 saturated carbocycles. The van der Waals surface area contributed by atoms with Crippen molar-refractivity contribution in [2.45, 2.75) is 18.8 Å².